The molecule has 0 amide bonds. The van der Waals surface area contributed by atoms with E-state index in [-0.39, 0.29) is 0 Å². The lowest BCUT2D eigenvalue weighted by Gasteiger charge is -2.28. The molecular weight excluding hydrogens is 296 g/mol. The molecule has 1 aromatic carbocycles. The predicted molar refractivity (Wildman–Crippen MR) is 96.0 cm³/mol. The van der Waals surface area contributed by atoms with Gasteiger partial charge in [-0.3, -0.25) is 0 Å². The lowest BCUT2D eigenvalue weighted by atomic mass is 9.77. The molecule has 0 spiro atoms. The first kappa shape index (κ1) is 15.2. The van der Waals surface area contributed by atoms with Crippen LogP contribution in [0.5, 0.6) is 0 Å². The van der Waals surface area contributed by atoms with Gasteiger partial charge < -0.3 is 9.97 Å². The fourth-order valence-electron chi connectivity index (χ4n) is 3.89. The third-order valence-corrected chi connectivity index (χ3v) is 5.29. The molecule has 2 aromatic heterocycles. The number of nitrogens with one attached hydrogen (secondary N) is 2. The maximum absolute atomic E-state index is 4.35. The van der Waals surface area contributed by atoms with Crippen LogP contribution in [-0.2, 0) is 0 Å². The molecule has 1 fully saturated rings. The molecule has 2 heterocycles. The zero-order valence-electron chi connectivity index (χ0n) is 14.3. The number of aromatic nitrogens is 4. The third-order valence-electron chi connectivity index (χ3n) is 5.29. The molecule has 0 atom stereocenters. The van der Waals surface area contributed by atoms with Crippen LogP contribution in [0, 0.1) is 13.8 Å². The largest absolute Gasteiger partial charge is 0.346 e. The van der Waals surface area contributed by atoms with Gasteiger partial charge in [-0.15, -0.1) is 0 Å². The Labute approximate surface area is 142 Å². The Morgan fingerprint density at radius 1 is 0.792 bits per heavy atom. The lowest BCUT2D eigenvalue weighted by molar-refractivity contribution is 0.392. The Bertz CT molecular complexity index is 804. The smallest absolute Gasteiger partial charge is 0.103 e. The van der Waals surface area contributed by atoms with Gasteiger partial charge in [0.1, 0.15) is 11.6 Å². The highest BCUT2D eigenvalue weighted by Gasteiger charge is 2.24. The van der Waals surface area contributed by atoms with Gasteiger partial charge in [-0.25, -0.2) is 9.97 Å². The summed E-state index contributed by atoms with van der Waals surface area (Å²) in [5.41, 5.74) is 5.09. The minimum Gasteiger partial charge on any atom is -0.346 e. The van der Waals surface area contributed by atoms with E-state index in [9.17, 15) is 0 Å². The van der Waals surface area contributed by atoms with Crippen LogP contribution in [0.25, 0.3) is 11.3 Å². The number of nitrogens with zero attached hydrogens (tertiary/aromatic N) is 2. The van der Waals surface area contributed by atoms with Crippen molar-refractivity contribution in [3.63, 3.8) is 0 Å². The molecule has 124 valence electrons. The first-order valence-electron chi connectivity index (χ1n) is 8.82. The number of rotatable bonds is 3. The highest BCUT2D eigenvalue weighted by atomic mass is 14.9. The SMILES string of the molecule is Cc1ncc(-c2ccc(C3CCC(c4cnc(C)[nH]4)CC3)cc2)[nH]1. The van der Waals surface area contributed by atoms with Crippen LogP contribution < -0.4 is 0 Å². The normalized spacial score (nSPS) is 21.1. The number of imidazole rings is 2. The van der Waals surface area contributed by atoms with Crippen molar-refractivity contribution in [3.8, 4) is 11.3 Å². The van der Waals surface area contributed by atoms with Gasteiger partial charge >= 0.3 is 0 Å². The molecule has 1 saturated carbocycles. The van der Waals surface area contributed by atoms with E-state index in [1.807, 2.05) is 26.2 Å². The van der Waals surface area contributed by atoms with Crippen molar-refractivity contribution in [1.82, 2.24) is 19.9 Å². The zero-order chi connectivity index (χ0) is 16.5. The van der Waals surface area contributed by atoms with Crippen molar-refractivity contribution >= 4 is 0 Å². The van der Waals surface area contributed by atoms with Gasteiger partial charge in [0, 0.05) is 17.8 Å². The van der Waals surface area contributed by atoms with Crippen LogP contribution in [0.3, 0.4) is 0 Å². The van der Waals surface area contributed by atoms with Gasteiger partial charge in [0.05, 0.1) is 11.9 Å². The van der Waals surface area contributed by atoms with Gasteiger partial charge in [-0.2, -0.15) is 0 Å². The molecule has 24 heavy (non-hydrogen) atoms. The highest BCUT2D eigenvalue weighted by molar-refractivity contribution is 5.59. The molecule has 0 aliphatic heterocycles. The van der Waals surface area contributed by atoms with Gasteiger partial charge in [-0.05, 0) is 56.6 Å². The summed E-state index contributed by atoms with van der Waals surface area (Å²) in [4.78, 5) is 15.3. The molecule has 0 radical (unpaired) electrons. The topological polar surface area (TPSA) is 57.4 Å². The summed E-state index contributed by atoms with van der Waals surface area (Å²) >= 11 is 0. The Balaban J connectivity index is 1.42. The standard InChI is InChI=1S/C20H24N4/c1-13-21-11-19(23-13)17-7-3-15(4-8-17)16-5-9-18(10-6-16)20-12-22-14(2)24-20/h3-4,7-8,11-12,16,18H,5-6,9-10H2,1-2H3,(H,21,23)(H,22,24). The van der Waals surface area contributed by atoms with E-state index in [1.54, 1.807) is 0 Å². The zero-order valence-corrected chi connectivity index (χ0v) is 14.3. The first-order valence-corrected chi connectivity index (χ1v) is 8.82. The highest BCUT2D eigenvalue weighted by Crippen LogP contribution is 2.40. The van der Waals surface area contributed by atoms with Crippen LogP contribution in [0.2, 0.25) is 0 Å². The molecule has 0 unspecified atom stereocenters. The molecule has 2 N–H and O–H groups in total. The van der Waals surface area contributed by atoms with Crippen LogP contribution in [-0.4, -0.2) is 19.9 Å². The summed E-state index contributed by atoms with van der Waals surface area (Å²) in [5.74, 6) is 3.32. The van der Waals surface area contributed by atoms with Crippen molar-refractivity contribution in [2.24, 2.45) is 0 Å². The molecule has 0 bridgehead atoms. The molecular formula is C20H24N4. The predicted octanol–water partition coefficient (Wildman–Crippen LogP) is 4.86. The van der Waals surface area contributed by atoms with Gasteiger partial charge in [0.15, 0.2) is 0 Å². The van der Waals surface area contributed by atoms with Crippen LogP contribution in [0.15, 0.2) is 36.7 Å². The van der Waals surface area contributed by atoms with Crippen LogP contribution >= 0.6 is 0 Å². The number of hydrogen-bond acceptors (Lipinski definition) is 2. The Morgan fingerprint density at radius 2 is 1.42 bits per heavy atom. The Morgan fingerprint density at radius 3 is 2.00 bits per heavy atom. The van der Waals surface area contributed by atoms with Crippen molar-refractivity contribution < 1.29 is 0 Å². The van der Waals surface area contributed by atoms with Crippen molar-refractivity contribution in [3.05, 3.63) is 59.6 Å². The number of aromatic amines is 2. The number of hydrogen-bond donors (Lipinski definition) is 2. The maximum Gasteiger partial charge on any atom is 0.103 e. The van der Waals surface area contributed by atoms with E-state index in [1.165, 1.54) is 42.5 Å². The van der Waals surface area contributed by atoms with Crippen LogP contribution in [0.4, 0.5) is 0 Å². The maximum atomic E-state index is 4.35. The van der Waals surface area contributed by atoms with E-state index < -0.39 is 0 Å². The van der Waals surface area contributed by atoms with Gasteiger partial charge in [-0.1, -0.05) is 24.3 Å². The molecule has 3 aromatic rings. The molecule has 4 heteroatoms. The second-order valence-corrected chi connectivity index (χ2v) is 6.98. The lowest BCUT2D eigenvalue weighted by Crippen LogP contribution is -2.12. The molecule has 4 nitrogen and oxygen atoms in total. The quantitative estimate of drug-likeness (QED) is 0.724. The van der Waals surface area contributed by atoms with Gasteiger partial charge in [0.2, 0.25) is 0 Å². The molecule has 1 aliphatic rings. The van der Waals surface area contributed by atoms with E-state index in [2.05, 4.69) is 44.2 Å². The monoisotopic (exact) mass is 320 g/mol. The number of benzene rings is 1. The summed E-state index contributed by atoms with van der Waals surface area (Å²) in [6.45, 7) is 4.01. The minimum absolute atomic E-state index is 0.648. The average molecular weight is 320 g/mol. The van der Waals surface area contributed by atoms with E-state index in [0.717, 1.165) is 17.3 Å². The second kappa shape index (κ2) is 6.27. The summed E-state index contributed by atoms with van der Waals surface area (Å²) in [7, 11) is 0. The summed E-state index contributed by atoms with van der Waals surface area (Å²) in [6.07, 6.45) is 8.92. The van der Waals surface area contributed by atoms with E-state index in [4.69, 9.17) is 0 Å². The first-order chi connectivity index (χ1) is 11.7. The van der Waals surface area contributed by atoms with E-state index in [0.29, 0.717) is 11.8 Å². The summed E-state index contributed by atoms with van der Waals surface area (Å²) in [5, 5.41) is 0. The summed E-state index contributed by atoms with van der Waals surface area (Å²) in [6, 6.07) is 9.01. The fourth-order valence-corrected chi connectivity index (χ4v) is 3.89. The molecule has 4 rings (SSSR count). The van der Waals surface area contributed by atoms with Crippen molar-refractivity contribution in [2.75, 3.05) is 0 Å². The number of aryl methyl sites for hydroxylation is 2. The molecule has 0 saturated heterocycles. The Hall–Kier alpha value is -2.36. The third kappa shape index (κ3) is 3.01. The minimum atomic E-state index is 0.648. The van der Waals surface area contributed by atoms with Crippen molar-refractivity contribution in [1.29, 1.82) is 0 Å². The fraction of sp³-hybridized carbons (Fsp3) is 0.400. The van der Waals surface area contributed by atoms with Gasteiger partial charge in [0.25, 0.3) is 0 Å². The van der Waals surface area contributed by atoms with Crippen LogP contribution in [0.1, 0.15) is 60.4 Å². The second-order valence-electron chi connectivity index (χ2n) is 6.98. The Kier molecular flexibility index (Phi) is 3.97. The average Bonchev–Trinajstić information content (AvgIpc) is 3.24. The van der Waals surface area contributed by atoms with Crippen molar-refractivity contribution in [2.45, 2.75) is 51.4 Å². The summed E-state index contributed by atoms with van der Waals surface area (Å²) < 4.78 is 0. The van der Waals surface area contributed by atoms with E-state index >= 15 is 0 Å². The number of H-pyrrole nitrogens is 2. The molecule has 1 aliphatic carbocycles.